The lowest BCUT2D eigenvalue weighted by Crippen LogP contribution is -2.23. The molecular weight excluding hydrogens is 237 g/mol. The Labute approximate surface area is 98.1 Å². The zero-order valence-corrected chi connectivity index (χ0v) is 9.68. The number of esters is 1. The molecular formula is C10H11Cl2NO2. The van der Waals surface area contributed by atoms with Crippen LogP contribution in [-0.2, 0) is 9.53 Å². The first kappa shape index (κ1) is 12.3. The van der Waals surface area contributed by atoms with Gasteiger partial charge in [-0.25, -0.2) is 0 Å². The lowest BCUT2D eigenvalue weighted by molar-refractivity contribution is -0.142. The van der Waals surface area contributed by atoms with Gasteiger partial charge in [-0.1, -0.05) is 29.3 Å². The Morgan fingerprint density at radius 2 is 2.00 bits per heavy atom. The van der Waals surface area contributed by atoms with Crippen molar-refractivity contribution in [2.75, 3.05) is 13.7 Å². The molecule has 0 aliphatic carbocycles. The summed E-state index contributed by atoms with van der Waals surface area (Å²) >= 11 is 11.9. The average molecular weight is 248 g/mol. The Bertz CT molecular complexity index is 348. The number of hydrogen-bond acceptors (Lipinski definition) is 3. The van der Waals surface area contributed by atoms with Gasteiger partial charge >= 0.3 is 5.97 Å². The van der Waals surface area contributed by atoms with Gasteiger partial charge in [0.25, 0.3) is 0 Å². The molecule has 0 saturated heterocycles. The number of methoxy groups -OCH3 is 1. The number of benzene rings is 1. The first-order valence-electron chi connectivity index (χ1n) is 4.33. The van der Waals surface area contributed by atoms with Crippen LogP contribution in [0.3, 0.4) is 0 Å². The van der Waals surface area contributed by atoms with Crippen molar-refractivity contribution in [3.05, 3.63) is 33.8 Å². The van der Waals surface area contributed by atoms with Gasteiger partial charge in [-0.05, 0) is 12.1 Å². The normalized spacial score (nSPS) is 12.3. The first-order chi connectivity index (χ1) is 7.11. The molecule has 0 heterocycles. The molecule has 3 nitrogen and oxygen atoms in total. The Kier molecular flexibility index (Phi) is 4.39. The molecule has 5 heteroatoms. The summed E-state index contributed by atoms with van der Waals surface area (Å²) in [4.78, 5) is 11.4. The quantitative estimate of drug-likeness (QED) is 0.834. The lowest BCUT2D eigenvalue weighted by atomic mass is 9.99. The Hall–Kier alpha value is -0.770. The maximum absolute atomic E-state index is 11.4. The number of rotatable bonds is 3. The summed E-state index contributed by atoms with van der Waals surface area (Å²) in [7, 11) is 1.30. The van der Waals surface area contributed by atoms with E-state index < -0.39 is 11.9 Å². The number of ether oxygens (including phenoxy) is 1. The minimum atomic E-state index is -0.615. The molecule has 1 rings (SSSR count). The van der Waals surface area contributed by atoms with Crippen molar-refractivity contribution >= 4 is 29.2 Å². The van der Waals surface area contributed by atoms with Crippen molar-refractivity contribution in [2.45, 2.75) is 5.92 Å². The van der Waals surface area contributed by atoms with Gasteiger partial charge in [0.1, 0.15) is 0 Å². The third-order valence-electron chi connectivity index (χ3n) is 2.07. The van der Waals surface area contributed by atoms with Crippen molar-refractivity contribution in [2.24, 2.45) is 5.73 Å². The van der Waals surface area contributed by atoms with Crippen LogP contribution >= 0.6 is 23.2 Å². The molecule has 15 heavy (non-hydrogen) atoms. The van der Waals surface area contributed by atoms with Crippen LogP contribution in [0.4, 0.5) is 0 Å². The standard InChI is InChI=1S/C10H11Cl2NO2/c1-15-10(14)6(5-13)9-7(11)3-2-4-8(9)12/h2-4,6H,5,13H2,1H3. The van der Waals surface area contributed by atoms with Gasteiger partial charge in [0.2, 0.25) is 0 Å². The van der Waals surface area contributed by atoms with Gasteiger partial charge in [0.15, 0.2) is 0 Å². The summed E-state index contributed by atoms with van der Waals surface area (Å²) in [5, 5.41) is 0.840. The molecule has 0 bridgehead atoms. The average Bonchev–Trinajstić information content (AvgIpc) is 2.22. The topological polar surface area (TPSA) is 52.3 Å². The van der Waals surface area contributed by atoms with Gasteiger partial charge in [-0.15, -0.1) is 0 Å². The molecule has 0 saturated carbocycles. The van der Waals surface area contributed by atoms with Crippen LogP contribution in [0.15, 0.2) is 18.2 Å². The van der Waals surface area contributed by atoms with E-state index in [4.69, 9.17) is 28.9 Å². The smallest absolute Gasteiger partial charge is 0.314 e. The second-order valence-electron chi connectivity index (χ2n) is 2.95. The number of carbonyl (C=O) groups is 1. The SMILES string of the molecule is COC(=O)C(CN)c1c(Cl)cccc1Cl. The molecule has 1 atom stereocenters. The fourth-order valence-electron chi connectivity index (χ4n) is 1.32. The van der Waals surface area contributed by atoms with Crippen molar-refractivity contribution in [1.29, 1.82) is 0 Å². The van der Waals surface area contributed by atoms with E-state index in [-0.39, 0.29) is 6.54 Å². The largest absolute Gasteiger partial charge is 0.469 e. The predicted octanol–water partition coefficient (Wildman–Crippen LogP) is 2.21. The summed E-state index contributed by atoms with van der Waals surface area (Å²) in [5.74, 6) is -1.05. The molecule has 1 aromatic carbocycles. The Balaban J connectivity index is 3.17. The van der Waals surface area contributed by atoms with Gasteiger partial charge in [0.05, 0.1) is 13.0 Å². The second-order valence-corrected chi connectivity index (χ2v) is 3.76. The molecule has 0 amide bonds. The van der Waals surface area contributed by atoms with Crippen molar-refractivity contribution < 1.29 is 9.53 Å². The molecule has 0 radical (unpaired) electrons. The molecule has 0 aliphatic rings. The van der Waals surface area contributed by atoms with E-state index in [1.165, 1.54) is 7.11 Å². The predicted molar refractivity (Wildman–Crippen MR) is 60.3 cm³/mol. The van der Waals surface area contributed by atoms with E-state index in [2.05, 4.69) is 4.74 Å². The molecule has 0 spiro atoms. The van der Waals surface area contributed by atoms with Gasteiger partial charge in [0, 0.05) is 22.2 Å². The fourth-order valence-corrected chi connectivity index (χ4v) is 1.98. The Morgan fingerprint density at radius 1 is 1.47 bits per heavy atom. The van der Waals surface area contributed by atoms with Crippen molar-refractivity contribution in [3.63, 3.8) is 0 Å². The van der Waals surface area contributed by atoms with E-state index in [0.717, 1.165) is 0 Å². The highest BCUT2D eigenvalue weighted by atomic mass is 35.5. The van der Waals surface area contributed by atoms with Crippen LogP contribution in [0.25, 0.3) is 0 Å². The maximum atomic E-state index is 11.4. The lowest BCUT2D eigenvalue weighted by Gasteiger charge is -2.15. The zero-order chi connectivity index (χ0) is 11.4. The molecule has 1 aromatic rings. The van der Waals surface area contributed by atoms with E-state index in [1.807, 2.05) is 0 Å². The van der Waals surface area contributed by atoms with Crippen molar-refractivity contribution in [3.8, 4) is 0 Å². The van der Waals surface area contributed by atoms with Crippen LogP contribution in [-0.4, -0.2) is 19.6 Å². The molecule has 0 fully saturated rings. The van der Waals surface area contributed by atoms with Crippen LogP contribution < -0.4 is 5.73 Å². The first-order valence-corrected chi connectivity index (χ1v) is 5.09. The maximum Gasteiger partial charge on any atom is 0.314 e. The van der Waals surface area contributed by atoms with E-state index in [0.29, 0.717) is 15.6 Å². The monoisotopic (exact) mass is 247 g/mol. The van der Waals surface area contributed by atoms with E-state index in [1.54, 1.807) is 18.2 Å². The zero-order valence-electron chi connectivity index (χ0n) is 8.17. The molecule has 0 aliphatic heterocycles. The molecule has 0 aromatic heterocycles. The summed E-state index contributed by atoms with van der Waals surface area (Å²) in [6.07, 6.45) is 0. The van der Waals surface area contributed by atoms with Gasteiger partial charge in [-0.3, -0.25) is 4.79 Å². The highest BCUT2D eigenvalue weighted by Gasteiger charge is 2.24. The third-order valence-corrected chi connectivity index (χ3v) is 2.73. The molecule has 82 valence electrons. The van der Waals surface area contributed by atoms with Gasteiger partial charge in [-0.2, -0.15) is 0 Å². The van der Waals surface area contributed by atoms with Crippen LogP contribution in [0.1, 0.15) is 11.5 Å². The van der Waals surface area contributed by atoms with E-state index >= 15 is 0 Å². The van der Waals surface area contributed by atoms with Crippen LogP contribution in [0.2, 0.25) is 10.0 Å². The highest BCUT2D eigenvalue weighted by Crippen LogP contribution is 2.31. The number of halogens is 2. The van der Waals surface area contributed by atoms with Crippen LogP contribution in [0, 0.1) is 0 Å². The Morgan fingerprint density at radius 3 is 2.40 bits per heavy atom. The highest BCUT2D eigenvalue weighted by molar-refractivity contribution is 6.36. The molecule has 2 N–H and O–H groups in total. The van der Waals surface area contributed by atoms with Crippen LogP contribution in [0.5, 0.6) is 0 Å². The number of hydrogen-bond donors (Lipinski definition) is 1. The minimum absolute atomic E-state index is 0.107. The third kappa shape index (κ3) is 2.62. The second kappa shape index (κ2) is 5.35. The fraction of sp³-hybridized carbons (Fsp3) is 0.300. The number of carbonyl (C=O) groups excluding carboxylic acids is 1. The van der Waals surface area contributed by atoms with Gasteiger partial charge < -0.3 is 10.5 Å². The summed E-state index contributed by atoms with van der Waals surface area (Å²) in [5.41, 5.74) is 6.02. The minimum Gasteiger partial charge on any atom is -0.469 e. The number of nitrogens with two attached hydrogens (primary N) is 1. The summed E-state index contributed by atoms with van der Waals surface area (Å²) < 4.78 is 4.63. The molecule has 1 unspecified atom stereocenters. The summed E-state index contributed by atoms with van der Waals surface area (Å²) in [6.45, 7) is 0.107. The van der Waals surface area contributed by atoms with Crippen molar-refractivity contribution in [1.82, 2.24) is 0 Å². The summed E-state index contributed by atoms with van der Waals surface area (Å²) in [6, 6.07) is 5.03. The van der Waals surface area contributed by atoms with E-state index in [9.17, 15) is 4.79 Å².